The van der Waals surface area contributed by atoms with E-state index in [4.69, 9.17) is 4.74 Å². The first kappa shape index (κ1) is 21.2. The minimum atomic E-state index is -0.300. The lowest BCUT2D eigenvalue weighted by Crippen LogP contribution is -2.43. The van der Waals surface area contributed by atoms with Crippen molar-refractivity contribution in [1.82, 2.24) is 20.4 Å². The van der Waals surface area contributed by atoms with Crippen molar-refractivity contribution in [3.63, 3.8) is 0 Å². The van der Waals surface area contributed by atoms with Crippen molar-refractivity contribution < 1.29 is 9.13 Å². The van der Waals surface area contributed by atoms with Gasteiger partial charge in [0.05, 0.1) is 13.1 Å². The third kappa shape index (κ3) is 7.72. The van der Waals surface area contributed by atoms with Crippen LogP contribution in [0.2, 0.25) is 0 Å². The molecule has 0 bridgehead atoms. The van der Waals surface area contributed by atoms with Crippen LogP contribution in [-0.4, -0.2) is 42.0 Å². The molecule has 0 saturated carbocycles. The van der Waals surface area contributed by atoms with Gasteiger partial charge in [0.2, 0.25) is 0 Å². The zero-order valence-electron chi connectivity index (χ0n) is 14.5. The summed E-state index contributed by atoms with van der Waals surface area (Å²) in [6.07, 6.45) is 4.39. The number of benzene rings is 1. The Labute approximate surface area is 164 Å². The molecule has 6 nitrogen and oxygen atoms in total. The summed E-state index contributed by atoms with van der Waals surface area (Å²) in [5, 5.41) is 10.6. The summed E-state index contributed by atoms with van der Waals surface area (Å²) in [6, 6.07) is 8.07. The van der Waals surface area contributed by atoms with E-state index < -0.39 is 0 Å². The lowest BCUT2D eigenvalue weighted by Gasteiger charge is -2.20. The highest BCUT2D eigenvalue weighted by molar-refractivity contribution is 14.0. The van der Waals surface area contributed by atoms with Gasteiger partial charge in [-0.1, -0.05) is 13.0 Å². The van der Waals surface area contributed by atoms with Crippen LogP contribution in [0.4, 0.5) is 4.39 Å². The Kier molecular flexibility index (Phi) is 9.90. The Bertz CT molecular complexity index is 636. The molecule has 2 N–H and O–H groups in total. The van der Waals surface area contributed by atoms with E-state index in [1.807, 2.05) is 23.9 Å². The van der Waals surface area contributed by atoms with Crippen molar-refractivity contribution in [2.24, 2.45) is 4.99 Å². The van der Waals surface area contributed by atoms with Crippen molar-refractivity contribution in [1.29, 1.82) is 0 Å². The van der Waals surface area contributed by atoms with E-state index >= 15 is 0 Å². The third-order valence-electron chi connectivity index (χ3n) is 3.47. The zero-order valence-corrected chi connectivity index (χ0v) is 16.8. The van der Waals surface area contributed by atoms with Gasteiger partial charge in [0.25, 0.3) is 0 Å². The fraction of sp³-hybridized carbons (Fsp3) is 0.412. The average Bonchev–Trinajstić information content (AvgIpc) is 3.10. The molecule has 0 aliphatic heterocycles. The van der Waals surface area contributed by atoms with Crippen LogP contribution in [0.15, 0.2) is 47.7 Å². The van der Waals surface area contributed by atoms with E-state index in [0.717, 1.165) is 13.0 Å². The minimum absolute atomic E-state index is 0. The maximum Gasteiger partial charge on any atom is 0.191 e. The number of hydrogen-bond acceptors (Lipinski definition) is 3. The summed E-state index contributed by atoms with van der Waals surface area (Å²) in [4.78, 5) is 4.18. The molecule has 0 radical (unpaired) electrons. The van der Waals surface area contributed by atoms with Crippen LogP contribution < -0.4 is 15.4 Å². The lowest BCUT2D eigenvalue weighted by molar-refractivity contribution is 0.198. The van der Waals surface area contributed by atoms with Crippen LogP contribution in [0.3, 0.4) is 0 Å². The Hall–Kier alpha value is -1.84. The van der Waals surface area contributed by atoms with E-state index in [2.05, 4.69) is 20.7 Å². The number of ether oxygens (including phenoxy) is 1. The number of aliphatic imine (C=N–C) groups is 1. The number of aromatic nitrogens is 2. The van der Waals surface area contributed by atoms with Gasteiger partial charge in [-0.15, -0.1) is 24.0 Å². The second-order valence-electron chi connectivity index (χ2n) is 5.25. The fourth-order valence-corrected chi connectivity index (χ4v) is 2.15. The zero-order chi connectivity index (χ0) is 17.2. The van der Waals surface area contributed by atoms with Crippen LogP contribution in [0.1, 0.15) is 13.3 Å². The van der Waals surface area contributed by atoms with Gasteiger partial charge in [-0.3, -0.25) is 9.67 Å². The standard InChI is InChI=1S/C17H24FN5O.HI/c1-3-15(24-16-7-4-6-14(18)12-16)13-21-17(19-2)20-9-11-23-10-5-8-22-23;/h4-8,10,12,15H,3,9,11,13H2,1-2H3,(H2,19,20,21);1H. The molecule has 2 aromatic rings. The average molecular weight is 461 g/mol. The predicted molar refractivity (Wildman–Crippen MR) is 108 cm³/mol. The molecule has 138 valence electrons. The summed E-state index contributed by atoms with van der Waals surface area (Å²) >= 11 is 0. The second kappa shape index (κ2) is 11.7. The molecule has 25 heavy (non-hydrogen) atoms. The van der Waals surface area contributed by atoms with E-state index in [1.165, 1.54) is 12.1 Å². The lowest BCUT2D eigenvalue weighted by atomic mass is 10.2. The number of halogens is 2. The van der Waals surface area contributed by atoms with Crippen molar-refractivity contribution in [2.45, 2.75) is 26.0 Å². The Balaban J connectivity index is 0.00000312. The Morgan fingerprint density at radius 2 is 2.20 bits per heavy atom. The van der Waals surface area contributed by atoms with Gasteiger partial charge in [0.1, 0.15) is 17.7 Å². The summed E-state index contributed by atoms with van der Waals surface area (Å²) in [7, 11) is 1.72. The van der Waals surface area contributed by atoms with Gasteiger partial charge in [0, 0.05) is 32.1 Å². The van der Waals surface area contributed by atoms with E-state index in [-0.39, 0.29) is 35.9 Å². The number of guanidine groups is 1. The van der Waals surface area contributed by atoms with Gasteiger partial charge in [-0.05, 0) is 24.6 Å². The molecular formula is C17H25FIN5O. The first-order chi connectivity index (χ1) is 11.7. The van der Waals surface area contributed by atoms with E-state index in [0.29, 0.717) is 24.8 Å². The molecular weight excluding hydrogens is 436 g/mol. The summed E-state index contributed by atoms with van der Waals surface area (Å²) in [5.41, 5.74) is 0. The molecule has 0 saturated heterocycles. The molecule has 1 heterocycles. The molecule has 1 atom stereocenters. The molecule has 0 aliphatic rings. The number of hydrogen-bond donors (Lipinski definition) is 2. The van der Waals surface area contributed by atoms with Gasteiger partial charge in [0.15, 0.2) is 5.96 Å². The molecule has 0 amide bonds. The highest BCUT2D eigenvalue weighted by Crippen LogP contribution is 2.14. The molecule has 1 aromatic carbocycles. The number of rotatable bonds is 8. The monoisotopic (exact) mass is 461 g/mol. The molecule has 2 rings (SSSR count). The number of nitrogens with zero attached hydrogens (tertiary/aromatic N) is 3. The quantitative estimate of drug-likeness (QED) is 0.361. The largest absolute Gasteiger partial charge is 0.489 e. The van der Waals surface area contributed by atoms with Crippen LogP contribution in [0, 0.1) is 5.82 Å². The number of nitrogens with one attached hydrogen (secondary N) is 2. The summed E-state index contributed by atoms with van der Waals surface area (Å²) < 4.78 is 20.9. The smallest absolute Gasteiger partial charge is 0.191 e. The van der Waals surface area contributed by atoms with Gasteiger partial charge in [-0.25, -0.2) is 4.39 Å². The van der Waals surface area contributed by atoms with Gasteiger partial charge >= 0.3 is 0 Å². The first-order valence-electron chi connectivity index (χ1n) is 8.05. The fourth-order valence-electron chi connectivity index (χ4n) is 2.15. The van der Waals surface area contributed by atoms with Gasteiger partial charge in [-0.2, -0.15) is 5.10 Å². The van der Waals surface area contributed by atoms with Crippen LogP contribution in [-0.2, 0) is 6.54 Å². The first-order valence-corrected chi connectivity index (χ1v) is 8.05. The topological polar surface area (TPSA) is 63.5 Å². The molecule has 8 heteroatoms. The van der Waals surface area contributed by atoms with E-state index in [1.54, 1.807) is 25.4 Å². The van der Waals surface area contributed by atoms with Crippen LogP contribution in [0.5, 0.6) is 5.75 Å². The summed E-state index contributed by atoms with van der Waals surface area (Å²) in [5.74, 6) is 0.931. The van der Waals surface area contributed by atoms with Crippen molar-refractivity contribution in [2.75, 3.05) is 20.1 Å². The molecule has 0 spiro atoms. The summed E-state index contributed by atoms with van der Waals surface area (Å²) in [6.45, 7) is 4.07. The highest BCUT2D eigenvalue weighted by Gasteiger charge is 2.09. The molecule has 0 fully saturated rings. The minimum Gasteiger partial charge on any atom is -0.489 e. The SMILES string of the molecule is CCC(CNC(=NC)NCCn1cccn1)Oc1cccc(F)c1.I. The van der Waals surface area contributed by atoms with Crippen molar-refractivity contribution >= 4 is 29.9 Å². The Morgan fingerprint density at radius 1 is 1.36 bits per heavy atom. The van der Waals surface area contributed by atoms with E-state index in [9.17, 15) is 4.39 Å². The maximum absolute atomic E-state index is 13.2. The molecule has 1 unspecified atom stereocenters. The Morgan fingerprint density at radius 3 is 2.84 bits per heavy atom. The van der Waals surface area contributed by atoms with Crippen LogP contribution in [0.25, 0.3) is 0 Å². The second-order valence-corrected chi connectivity index (χ2v) is 5.25. The van der Waals surface area contributed by atoms with Crippen molar-refractivity contribution in [3.8, 4) is 5.75 Å². The van der Waals surface area contributed by atoms with Crippen LogP contribution >= 0.6 is 24.0 Å². The normalized spacial score (nSPS) is 12.2. The molecule has 0 aliphatic carbocycles. The third-order valence-corrected chi connectivity index (χ3v) is 3.47. The predicted octanol–water partition coefficient (Wildman–Crippen LogP) is 2.66. The maximum atomic E-state index is 13.2. The molecule has 1 aromatic heterocycles. The van der Waals surface area contributed by atoms with Crippen molar-refractivity contribution in [3.05, 3.63) is 48.5 Å². The highest BCUT2D eigenvalue weighted by atomic mass is 127. The van der Waals surface area contributed by atoms with Gasteiger partial charge < -0.3 is 15.4 Å².